The quantitative estimate of drug-likeness (QED) is 0.873. The van der Waals surface area contributed by atoms with Gasteiger partial charge in [-0.2, -0.15) is 0 Å². The number of benzene rings is 1. The summed E-state index contributed by atoms with van der Waals surface area (Å²) >= 11 is 7.46. The number of nitrogens with zero attached hydrogens (tertiary/aromatic N) is 1. The summed E-state index contributed by atoms with van der Waals surface area (Å²) < 4.78 is 13.1. The zero-order valence-corrected chi connectivity index (χ0v) is 10.4. The van der Waals surface area contributed by atoms with E-state index in [0.717, 1.165) is 18.1 Å². The Morgan fingerprint density at radius 3 is 3.00 bits per heavy atom. The van der Waals surface area contributed by atoms with Crippen LogP contribution in [-0.4, -0.2) is 17.0 Å². The van der Waals surface area contributed by atoms with E-state index in [4.69, 9.17) is 11.6 Å². The van der Waals surface area contributed by atoms with Gasteiger partial charge >= 0.3 is 0 Å². The number of rotatable bonds is 2. The third-order valence-corrected chi connectivity index (χ3v) is 3.77. The molecule has 16 heavy (non-hydrogen) atoms. The molecule has 2 rings (SSSR count). The predicted molar refractivity (Wildman–Crippen MR) is 69.0 cm³/mol. The highest BCUT2D eigenvalue weighted by Crippen LogP contribution is 2.26. The molecule has 0 saturated heterocycles. The Kier molecular flexibility index (Phi) is 3.71. The van der Waals surface area contributed by atoms with Crippen molar-refractivity contribution in [2.75, 3.05) is 11.9 Å². The number of aliphatic imine (C=N–C) groups is 1. The van der Waals surface area contributed by atoms with Gasteiger partial charge in [-0.1, -0.05) is 30.3 Å². The summed E-state index contributed by atoms with van der Waals surface area (Å²) in [5.41, 5.74) is 0.646. The third-order valence-electron chi connectivity index (χ3n) is 2.29. The van der Waals surface area contributed by atoms with E-state index in [1.165, 1.54) is 12.1 Å². The maximum atomic E-state index is 13.1. The molecule has 1 N–H and O–H groups in total. The lowest BCUT2D eigenvalue weighted by atomic mass is 10.3. The van der Waals surface area contributed by atoms with Crippen LogP contribution in [0.5, 0.6) is 0 Å². The second-order valence-electron chi connectivity index (χ2n) is 3.58. The lowest BCUT2D eigenvalue weighted by molar-refractivity contribution is 0.628. The standard InChI is InChI=1S/C11H12ClFN2S/c1-2-10-6-14-11(16-10)15-9-4-7(12)3-8(13)5-9/h3-5,10H,2,6H2,1H3,(H,14,15). The summed E-state index contributed by atoms with van der Waals surface area (Å²) in [5.74, 6) is -0.342. The van der Waals surface area contributed by atoms with Gasteiger partial charge < -0.3 is 5.32 Å². The molecule has 0 fully saturated rings. The first-order valence-corrected chi connectivity index (χ1v) is 6.37. The average molecular weight is 259 g/mol. The van der Waals surface area contributed by atoms with Crippen LogP contribution in [-0.2, 0) is 0 Å². The highest BCUT2D eigenvalue weighted by atomic mass is 35.5. The van der Waals surface area contributed by atoms with Crippen molar-refractivity contribution in [2.24, 2.45) is 4.99 Å². The van der Waals surface area contributed by atoms with Crippen molar-refractivity contribution in [1.29, 1.82) is 0 Å². The largest absolute Gasteiger partial charge is 0.335 e. The normalized spacial score (nSPS) is 19.7. The second kappa shape index (κ2) is 5.06. The Morgan fingerprint density at radius 1 is 1.56 bits per heavy atom. The van der Waals surface area contributed by atoms with E-state index in [1.807, 2.05) is 0 Å². The topological polar surface area (TPSA) is 24.4 Å². The van der Waals surface area contributed by atoms with Crippen molar-refractivity contribution in [3.63, 3.8) is 0 Å². The van der Waals surface area contributed by atoms with Crippen LogP contribution in [0.25, 0.3) is 0 Å². The number of hydrogen-bond donors (Lipinski definition) is 1. The van der Waals surface area contributed by atoms with Gasteiger partial charge in [-0.15, -0.1) is 0 Å². The molecule has 2 nitrogen and oxygen atoms in total. The molecule has 0 radical (unpaired) electrons. The third kappa shape index (κ3) is 2.89. The van der Waals surface area contributed by atoms with Crippen LogP contribution >= 0.6 is 23.4 Å². The first-order valence-electron chi connectivity index (χ1n) is 5.11. The summed E-state index contributed by atoms with van der Waals surface area (Å²) in [6.45, 7) is 2.96. The number of nitrogens with one attached hydrogen (secondary N) is 1. The van der Waals surface area contributed by atoms with Crippen LogP contribution in [0.15, 0.2) is 23.2 Å². The van der Waals surface area contributed by atoms with E-state index in [0.29, 0.717) is 16.0 Å². The molecule has 0 aromatic heterocycles. The Morgan fingerprint density at radius 2 is 2.38 bits per heavy atom. The molecule has 1 aliphatic heterocycles. The van der Waals surface area contributed by atoms with Crippen molar-refractivity contribution in [3.05, 3.63) is 29.0 Å². The van der Waals surface area contributed by atoms with Crippen molar-refractivity contribution in [1.82, 2.24) is 0 Å². The fourth-order valence-corrected chi connectivity index (χ4v) is 2.63. The smallest absolute Gasteiger partial charge is 0.161 e. The second-order valence-corrected chi connectivity index (χ2v) is 5.30. The molecule has 0 aliphatic carbocycles. The van der Waals surface area contributed by atoms with E-state index >= 15 is 0 Å². The Bertz CT molecular complexity index is 402. The van der Waals surface area contributed by atoms with Crippen LogP contribution in [0.3, 0.4) is 0 Å². The zero-order chi connectivity index (χ0) is 11.5. The predicted octanol–water partition coefficient (Wildman–Crippen LogP) is 3.77. The lowest BCUT2D eigenvalue weighted by Gasteiger charge is -2.07. The van der Waals surface area contributed by atoms with Gasteiger partial charge in [0, 0.05) is 16.0 Å². The maximum absolute atomic E-state index is 13.1. The molecule has 86 valence electrons. The molecular formula is C11H12ClFN2S. The minimum atomic E-state index is -0.342. The number of hydrogen-bond acceptors (Lipinski definition) is 3. The van der Waals surface area contributed by atoms with Gasteiger partial charge in [-0.05, 0) is 24.6 Å². The van der Waals surface area contributed by atoms with Crippen molar-refractivity contribution in [2.45, 2.75) is 18.6 Å². The van der Waals surface area contributed by atoms with E-state index in [2.05, 4.69) is 17.2 Å². The van der Waals surface area contributed by atoms with Gasteiger partial charge in [-0.3, -0.25) is 4.99 Å². The summed E-state index contributed by atoms with van der Waals surface area (Å²) in [5, 5.41) is 4.84. The van der Waals surface area contributed by atoms with Crippen molar-refractivity contribution < 1.29 is 4.39 Å². The molecule has 1 unspecified atom stereocenters. The van der Waals surface area contributed by atoms with E-state index < -0.39 is 0 Å². The first-order chi connectivity index (χ1) is 7.67. The average Bonchev–Trinajstić information content (AvgIpc) is 2.64. The number of amidine groups is 1. The van der Waals surface area contributed by atoms with Gasteiger partial charge in [-0.25, -0.2) is 4.39 Å². The van der Waals surface area contributed by atoms with Crippen LogP contribution in [0.1, 0.15) is 13.3 Å². The number of anilines is 1. The first kappa shape index (κ1) is 11.7. The molecule has 0 saturated carbocycles. The molecule has 0 spiro atoms. The summed E-state index contributed by atoms with van der Waals surface area (Å²) in [7, 11) is 0. The summed E-state index contributed by atoms with van der Waals surface area (Å²) in [6, 6.07) is 4.38. The maximum Gasteiger partial charge on any atom is 0.161 e. The molecule has 1 heterocycles. The fourth-order valence-electron chi connectivity index (χ4n) is 1.45. The Balaban J connectivity index is 2.05. The van der Waals surface area contributed by atoms with Crippen LogP contribution in [0.2, 0.25) is 5.02 Å². The van der Waals surface area contributed by atoms with Gasteiger partial charge in [0.25, 0.3) is 0 Å². The molecule has 1 atom stereocenters. The fraction of sp³-hybridized carbons (Fsp3) is 0.364. The molecule has 0 bridgehead atoms. The van der Waals surface area contributed by atoms with Gasteiger partial charge in [0.05, 0.1) is 6.54 Å². The summed E-state index contributed by atoms with van der Waals surface area (Å²) in [6.07, 6.45) is 1.09. The molecule has 1 aliphatic rings. The van der Waals surface area contributed by atoms with Crippen LogP contribution < -0.4 is 5.32 Å². The van der Waals surface area contributed by atoms with Gasteiger partial charge in [0.15, 0.2) is 5.17 Å². The minimum absolute atomic E-state index is 0.342. The number of halogens is 2. The molecule has 1 aromatic rings. The molecule has 5 heteroatoms. The lowest BCUT2D eigenvalue weighted by Crippen LogP contribution is -2.07. The van der Waals surface area contributed by atoms with Crippen LogP contribution in [0, 0.1) is 5.82 Å². The minimum Gasteiger partial charge on any atom is -0.335 e. The van der Waals surface area contributed by atoms with Gasteiger partial charge in [0.1, 0.15) is 5.82 Å². The zero-order valence-electron chi connectivity index (χ0n) is 8.84. The van der Waals surface area contributed by atoms with E-state index in [9.17, 15) is 4.39 Å². The van der Waals surface area contributed by atoms with E-state index in [1.54, 1.807) is 17.8 Å². The van der Waals surface area contributed by atoms with Crippen molar-refractivity contribution >= 4 is 34.2 Å². The monoisotopic (exact) mass is 258 g/mol. The van der Waals surface area contributed by atoms with Crippen LogP contribution in [0.4, 0.5) is 10.1 Å². The Hall–Kier alpha value is -0.740. The summed E-state index contributed by atoms with van der Waals surface area (Å²) in [4.78, 5) is 4.35. The molecule has 1 aromatic carbocycles. The van der Waals surface area contributed by atoms with Crippen molar-refractivity contribution in [3.8, 4) is 0 Å². The molecule has 0 amide bonds. The molecular weight excluding hydrogens is 247 g/mol. The highest BCUT2D eigenvalue weighted by molar-refractivity contribution is 8.15. The Labute approximate surface area is 103 Å². The van der Waals surface area contributed by atoms with Gasteiger partial charge in [0.2, 0.25) is 0 Å². The highest BCUT2D eigenvalue weighted by Gasteiger charge is 2.17. The SMILES string of the molecule is CCC1CN=C(Nc2cc(F)cc(Cl)c2)S1. The van der Waals surface area contributed by atoms with E-state index in [-0.39, 0.29) is 5.82 Å². The number of thioether (sulfide) groups is 1.